The highest BCUT2D eigenvalue weighted by Gasteiger charge is 2.49. The molecule has 0 aromatic carbocycles. The summed E-state index contributed by atoms with van der Waals surface area (Å²) in [5, 5.41) is 16.1. The van der Waals surface area contributed by atoms with Gasteiger partial charge in [0, 0.05) is 12.7 Å². The molecule has 0 radical (unpaired) electrons. The monoisotopic (exact) mass is 250 g/mol. The van der Waals surface area contributed by atoms with Crippen molar-refractivity contribution in [3.05, 3.63) is 17.0 Å². The van der Waals surface area contributed by atoms with E-state index in [1.54, 1.807) is 0 Å². The van der Waals surface area contributed by atoms with Crippen molar-refractivity contribution in [3.8, 4) is 0 Å². The van der Waals surface area contributed by atoms with Gasteiger partial charge in [-0.2, -0.15) is 5.10 Å². The Morgan fingerprint density at radius 3 is 2.00 bits per heavy atom. The Morgan fingerprint density at radius 2 is 1.67 bits per heavy atom. The first kappa shape index (κ1) is 13.1. The quantitative estimate of drug-likeness (QED) is 0.830. The zero-order chi connectivity index (χ0) is 13.9. The maximum absolute atomic E-state index is 10.4. The lowest BCUT2D eigenvalue weighted by molar-refractivity contribution is -0.0992. The number of hydrogen-bond donors (Lipinski definition) is 1. The second-order valence-electron chi connectivity index (χ2n) is 6.03. The van der Waals surface area contributed by atoms with E-state index in [0.29, 0.717) is 5.84 Å². The molecule has 1 aromatic rings. The number of hydroxylamine groups is 2. The van der Waals surface area contributed by atoms with Gasteiger partial charge >= 0.3 is 0 Å². The van der Waals surface area contributed by atoms with Crippen LogP contribution in [0.1, 0.15) is 44.6 Å². The maximum atomic E-state index is 10.4. The van der Waals surface area contributed by atoms with Gasteiger partial charge in [0.1, 0.15) is 0 Å². The third kappa shape index (κ3) is 1.50. The predicted octanol–water partition coefficient (Wildman–Crippen LogP) is 2.05. The lowest BCUT2D eigenvalue weighted by Gasteiger charge is -2.36. The lowest BCUT2D eigenvalue weighted by atomic mass is 9.84. The molecule has 0 saturated heterocycles. The fraction of sp³-hybridized carbons (Fsp3) is 0.692. The Hall–Kier alpha value is -1.36. The van der Waals surface area contributed by atoms with Gasteiger partial charge in [-0.1, -0.05) is 0 Å². The second kappa shape index (κ2) is 3.57. The molecule has 2 heterocycles. The average Bonchev–Trinajstić information content (AvgIpc) is 2.56. The number of hydrogen-bond acceptors (Lipinski definition) is 4. The molecule has 1 aromatic heterocycles. The van der Waals surface area contributed by atoms with Crippen molar-refractivity contribution < 1.29 is 5.21 Å². The number of aromatic nitrogens is 2. The van der Waals surface area contributed by atoms with Crippen LogP contribution in [-0.4, -0.2) is 37.0 Å². The summed E-state index contributed by atoms with van der Waals surface area (Å²) < 4.78 is 1.82. The standard InChI is InChI=1S/C13H22N4O/c1-8-10(9(2)16(7)15-8)11-14-12(3,4)13(5,6)17(11)18/h18H,1-7H3. The van der Waals surface area contributed by atoms with Crippen LogP contribution in [-0.2, 0) is 7.05 Å². The van der Waals surface area contributed by atoms with Crippen LogP contribution in [0.2, 0.25) is 0 Å². The predicted molar refractivity (Wildman–Crippen MR) is 71.0 cm³/mol. The summed E-state index contributed by atoms with van der Waals surface area (Å²) in [6.45, 7) is 12.0. The van der Waals surface area contributed by atoms with E-state index in [0.717, 1.165) is 17.0 Å². The molecule has 0 fully saturated rings. The van der Waals surface area contributed by atoms with Gasteiger partial charge in [0.05, 0.1) is 22.3 Å². The van der Waals surface area contributed by atoms with Crippen LogP contribution in [0.15, 0.2) is 4.99 Å². The highest BCUT2D eigenvalue weighted by atomic mass is 16.5. The van der Waals surface area contributed by atoms with Gasteiger partial charge in [-0.25, -0.2) is 5.06 Å². The Kier molecular flexibility index (Phi) is 2.59. The lowest BCUT2D eigenvalue weighted by Crippen LogP contribution is -2.51. The molecule has 1 N–H and O–H groups in total. The summed E-state index contributed by atoms with van der Waals surface area (Å²) in [6.07, 6.45) is 0. The molecular formula is C13H22N4O. The third-order valence-corrected chi connectivity index (χ3v) is 4.35. The van der Waals surface area contributed by atoms with Gasteiger partial charge in [-0.05, 0) is 41.5 Å². The summed E-state index contributed by atoms with van der Waals surface area (Å²) >= 11 is 0. The number of rotatable bonds is 1. The molecule has 2 rings (SSSR count). The summed E-state index contributed by atoms with van der Waals surface area (Å²) in [4.78, 5) is 4.70. The zero-order valence-electron chi connectivity index (χ0n) is 12.2. The van der Waals surface area contributed by atoms with Crippen LogP contribution in [0.4, 0.5) is 0 Å². The molecule has 1 aliphatic heterocycles. The van der Waals surface area contributed by atoms with E-state index in [1.807, 2.05) is 53.3 Å². The van der Waals surface area contributed by atoms with Crippen LogP contribution < -0.4 is 0 Å². The van der Waals surface area contributed by atoms with Crippen molar-refractivity contribution in [1.82, 2.24) is 14.8 Å². The minimum atomic E-state index is -0.433. The first-order valence-electron chi connectivity index (χ1n) is 6.19. The summed E-state index contributed by atoms with van der Waals surface area (Å²) in [5.41, 5.74) is 2.06. The van der Waals surface area contributed by atoms with E-state index in [4.69, 9.17) is 4.99 Å². The third-order valence-electron chi connectivity index (χ3n) is 4.35. The first-order valence-corrected chi connectivity index (χ1v) is 6.19. The van der Waals surface area contributed by atoms with Crippen molar-refractivity contribution in [1.29, 1.82) is 0 Å². The second-order valence-corrected chi connectivity index (χ2v) is 6.03. The first-order chi connectivity index (χ1) is 8.09. The molecule has 0 spiro atoms. The average molecular weight is 250 g/mol. The molecule has 5 nitrogen and oxygen atoms in total. The van der Waals surface area contributed by atoms with Crippen molar-refractivity contribution in [2.75, 3.05) is 0 Å². The van der Waals surface area contributed by atoms with Gasteiger partial charge in [0.15, 0.2) is 5.84 Å². The van der Waals surface area contributed by atoms with Crippen LogP contribution in [0.3, 0.4) is 0 Å². The van der Waals surface area contributed by atoms with Gasteiger partial charge in [-0.15, -0.1) is 0 Å². The zero-order valence-corrected chi connectivity index (χ0v) is 12.2. The van der Waals surface area contributed by atoms with Gasteiger partial charge in [-0.3, -0.25) is 14.9 Å². The fourth-order valence-electron chi connectivity index (χ4n) is 2.23. The van der Waals surface area contributed by atoms with Crippen molar-refractivity contribution in [2.24, 2.45) is 12.0 Å². The molecule has 0 bridgehead atoms. The largest absolute Gasteiger partial charge is 0.286 e. The summed E-state index contributed by atoms with van der Waals surface area (Å²) in [7, 11) is 1.90. The molecule has 0 aliphatic carbocycles. The van der Waals surface area contributed by atoms with E-state index in [-0.39, 0.29) is 5.54 Å². The smallest absolute Gasteiger partial charge is 0.159 e. The van der Waals surface area contributed by atoms with Gasteiger partial charge < -0.3 is 0 Å². The number of aryl methyl sites for hydroxylation is 2. The fourth-order valence-corrected chi connectivity index (χ4v) is 2.23. The number of amidine groups is 1. The van der Waals surface area contributed by atoms with Gasteiger partial charge in [0.25, 0.3) is 0 Å². The van der Waals surface area contributed by atoms with Crippen molar-refractivity contribution >= 4 is 5.84 Å². The highest BCUT2D eigenvalue weighted by Crippen LogP contribution is 2.38. The Bertz CT molecular complexity index is 525. The minimum absolute atomic E-state index is 0.341. The van der Waals surface area contributed by atoms with E-state index in [1.165, 1.54) is 5.06 Å². The van der Waals surface area contributed by atoms with Crippen molar-refractivity contribution in [2.45, 2.75) is 52.6 Å². The Labute approximate surface area is 108 Å². The Morgan fingerprint density at radius 1 is 1.11 bits per heavy atom. The van der Waals surface area contributed by atoms with Crippen LogP contribution in [0.5, 0.6) is 0 Å². The molecule has 1 aliphatic rings. The molecular weight excluding hydrogens is 228 g/mol. The van der Waals surface area contributed by atoms with E-state index >= 15 is 0 Å². The molecule has 0 atom stereocenters. The van der Waals surface area contributed by atoms with Crippen LogP contribution in [0.25, 0.3) is 0 Å². The maximum Gasteiger partial charge on any atom is 0.159 e. The van der Waals surface area contributed by atoms with E-state index < -0.39 is 5.54 Å². The minimum Gasteiger partial charge on any atom is -0.286 e. The van der Waals surface area contributed by atoms with E-state index in [9.17, 15) is 5.21 Å². The highest BCUT2D eigenvalue weighted by molar-refractivity contribution is 6.02. The molecule has 100 valence electrons. The molecule has 0 unspecified atom stereocenters. The molecule has 0 saturated carbocycles. The number of nitrogens with zero attached hydrogens (tertiary/aromatic N) is 4. The molecule has 0 amide bonds. The van der Waals surface area contributed by atoms with Crippen LogP contribution in [0, 0.1) is 13.8 Å². The van der Waals surface area contributed by atoms with Gasteiger partial charge in [0.2, 0.25) is 0 Å². The molecule has 5 heteroatoms. The summed E-state index contributed by atoms with van der Waals surface area (Å²) in [6, 6.07) is 0. The summed E-state index contributed by atoms with van der Waals surface area (Å²) in [5.74, 6) is 0.619. The SMILES string of the molecule is Cc1nn(C)c(C)c1C1=NC(C)(C)C(C)(C)N1O. The Balaban J connectivity index is 2.60. The van der Waals surface area contributed by atoms with Crippen LogP contribution >= 0.6 is 0 Å². The van der Waals surface area contributed by atoms with E-state index in [2.05, 4.69) is 5.10 Å². The number of aliphatic imine (C=N–C) groups is 1. The topological polar surface area (TPSA) is 53.7 Å². The normalized spacial score (nSPS) is 21.3. The van der Waals surface area contributed by atoms with Crippen molar-refractivity contribution in [3.63, 3.8) is 0 Å². The molecule has 18 heavy (non-hydrogen) atoms.